The molecule has 1 saturated heterocycles. The Labute approximate surface area is 85.8 Å². The van der Waals surface area contributed by atoms with E-state index in [9.17, 15) is 0 Å². The first-order valence-corrected chi connectivity index (χ1v) is 6.48. The Bertz CT molecular complexity index is 135. The van der Waals surface area contributed by atoms with Crippen molar-refractivity contribution in [3.63, 3.8) is 0 Å². The molecule has 1 heterocycles. The van der Waals surface area contributed by atoms with Gasteiger partial charge in [0.2, 0.25) is 0 Å². The average molecular weight is 203 g/mol. The fraction of sp³-hybridized carbons (Fsp3) is 1.00. The van der Waals surface area contributed by atoms with Crippen LogP contribution >= 0.6 is 11.8 Å². The van der Waals surface area contributed by atoms with Crippen molar-refractivity contribution in [2.45, 2.75) is 31.7 Å². The lowest BCUT2D eigenvalue weighted by atomic mass is 10.0. The summed E-state index contributed by atoms with van der Waals surface area (Å²) in [4.78, 5) is 0. The SMILES string of the molecule is CSCCCCNC1(C)CCOC1. The van der Waals surface area contributed by atoms with Gasteiger partial charge in [-0.2, -0.15) is 11.8 Å². The highest BCUT2D eigenvalue weighted by molar-refractivity contribution is 7.98. The predicted octanol–water partition coefficient (Wildman–Crippen LogP) is 1.90. The number of unbranched alkanes of at least 4 members (excludes halogenated alkanes) is 1. The van der Waals surface area contributed by atoms with Gasteiger partial charge in [-0.3, -0.25) is 0 Å². The fourth-order valence-corrected chi connectivity index (χ4v) is 2.06. The van der Waals surface area contributed by atoms with E-state index >= 15 is 0 Å². The minimum Gasteiger partial charge on any atom is -0.379 e. The van der Waals surface area contributed by atoms with Crippen molar-refractivity contribution in [1.29, 1.82) is 0 Å². The van der Waals surface area contributed by atoms with Gasteiger partial charge in [0, 0.05) is 12.1 Å². The Morgan fingerprint density at radius 2 is 2.31 bits per heavy atom. The highest BCUT2D eigenvalue weighted by Gasteiger charge is 2.28. The molecule has 78 valence electrons. The minimum absolute atomic E-state index is 0.263. The van der Waals surface area contributed by atoms with Crippen LogP contribution < -0.4 is 5.32 Å². The van der Waals surface area contributed by atoms with Crippen LogP contribution in [0.5, 0.6) is 0 Å². The van der Waals surface area contributed by atoms with Crippen molar-refractivity contribution in [2.75, 3.05) is 31.8 Å². The topological polar surface area (TPSA) is 21.3 Å². The second-order valence-electron chi connectivity index (χ2n) is 3.99. The maximum Gasteiger partial charge on any atom is 0.0646 e. The molecule has 1 rings (SSSR count). The molecular formula is C10H21NOS. The highest BCUT2D eigenvalue weighted by Crippen LogP contribution is 2.17. The van der Waals surface area contributed by atoms with Crippen LogP contribution in [0.25, 0.3) is 0 Å². The van der Waals surface area contributed by atoms with E-state index < -0.39 is 0 Å². The zero-order valence-electron chi connectivity index (χ0n) is 8.77. The molecule has 0 aliphatic carbocycles. The van der Waals surface area contributed by atoms with Gasteiger partial charge in [0.1, 0.15) is 0 Å². The van der Waals surface area contributed by atoms with Crippen LogP contribution in [0, 0.1) is 0 Å². The van der Waals surface area contributed by atoms with E-state index in [1.54, 1.807) is 0 Å². The van der Waals surface area contributed by atoms with E-state index in [-0.39, 0.29) is 5.54 Å². The van der Waals surface area contributed by atoms with Crippen molar-refractivity contribution >= 4 is 11.8 Å². The summed E-state index contributed by atoms with van der Waals surface area (Å²) in [5.41, 5.74) is 0.263. The lowest BCUT2D eigenvalue weighted by molar-refractivity contribution is 0.171. The number of hydrogen-bond acceptors (Lipinski definition) is 3. The first-order chi connectivity index (χ1) is 6.27. The Kier molecular flexibility index (Phi) is 5.14. The number of thioether (sulfide) groups is 1. The Balaban J connectivity index is 1.98. The van der Waals surface area contributed by atoms with Crippen molar-refractivity contribution in [3.8, 4) is 0 Å². The van der Waals surface area contributed by atoms with Gasteiger partial charge in [0.15, 0.2) is 0 Å². The molecule has 0 amide bonds. The summed E-state index contributed by atoms with van der Waals surface area (Å²) >= 11 is 1.93. The summed E-state index contributed by atoms with van der Waals surface area (Å²) in [5, 5.41) is 3.58. The zero-order chi connectivity index (χ0) is 9.57. The summed E-state index contributed by atoms with van der Waals surface area (Å²) in [6, 6.07) is 0. The highest BCUT2D eigenvalue weighted by atomic mass is 32.2. The van der Waals surface area contributed by atoms with E-state index in [1.165, 1.54) is 18.6 Å². The van der Waals surface area contributed by atoms with Crippen LogP contribution in [0.1, 0.15) is 26.2 Å². The van der Waals surface area contributed by atoms with E-state index in [2.05, 4.69) is 18.5 Å². The molecule has 0 saturated carbocycles. The number of ether oxygens (including phenoxy) is 1. The molecule has 0 spiro atoms. The summed E-state index contributed by atoms with van der Waals surface area (Å²) in [5.74, 6) is 1.29. The quantitative estimate of drug-likeness (QED) is 0.666. The van der Waals surface area contributed by atoms with E-state index in [4.69, 9.17) is 4.74 Å². The number of nitrogens with one attached hydrogen (secondary N) is 1. The van der Waals surface area contributed by atoms with Crippen LogP contribution in [-0.2, 0) is 4.74 Å². The molecule has 0 radical (unpaired) electrons. The van der Waals surface area contributed by atoms with Gasteiger partial charge >= 0.3 is 0 Å². The molecule has 0 aromatic carbocycles. The molecule has 1 unspecified atom stereocenters. The van der Waals surface area contributed by atoms with Crippen LogP contribution in [-0.4, -0.2) is 37.3 Å². The van der Waals surface area contributed by atoms with E-state index in [1.807, 2.05) is 11.8 Å². The molecule has 0 aromatic heterocycles. The zero-order valence-corrected chi connectivity index (χ0v) is 9.58. The lowest BCUT2D eigenvalue weighted by Gasteiger charge is -2.23. The third kappa shape index (κ3) is 4.34. The van der Waals surface area contributed by atoms with Gasteiger partial charge in [-0.25, -0.2) is 0 Å². The molecule has 0 bridgehead atoms. The van der Waals surface area contributed by atoms with Crippen molar-refractivity contribution in [3.05, 3.63) is 0 Å². The molecule has 13 heavy (non-hydrogen) atoms. The normalized spacial score (nSPS) is 28.2. The first kappa shape index (κ1) is 11.3. The molecule has 1 fully saturated rings. The monoisotopic (exact) mass is 203 g/mol. The third-order valence-corrected chi connectivity index (χ3v) is 3.24. The lowest BCUT2D eigenvalue weighted by Crippen LogP contribution is -2.43. The van der Waals surface area contributed by atoms with Gasteiger partial charge in [-0.05, 0) is 44.7 Å². The molecule has 3 heteroatoms. The van der Waals surface area contributed by atoms with Crippen molar-refractivity contribution in [2.24, 2.45) is 0 Å². The Hall–Kier alpha value is 0.270. The van der Waals surface area contributed by atoms with Crippen LogP contribution in [0.4, 0.5) is 0 Å². The summed E-state index contributed by atoms with van der Waals surface area (Å²) < 4.78 is 5.37. The Morgan fingerprint density at radius 1 is 1.46 bits per heavy atom. The molecule has 1 aliphatic heterocycles. The molecule has 1 aliphatic rings. The van der Waals surface area contributed by atoms with Gasteiger partial charge in [0.25, 0.3) is 0 Å². The van der Waals surface area contributed by atoms with Gasteiger partial charge in [0.05, 0.1) is 6.61 Å². The van der Waals surface area contributed by atoms with Crippen LogP contribution in [0.15, 0.2) is 0 Å². The number of hydrogen-bond donors (Lipinski definition) is 1. The van der Waals surface area contributed by atoms with Gasteiger partial charge < -0.3 is 10.1 Å². The number of rotatable bonds is 6. The Morgan fingerprint density at radius 3 is 2.92 bits per heavy atom. The maximum atomic E-state index is 5.37. The molecule has 1 atom stereocenters. The largest absolute Gasteiger partial charge is 0.379 e. The van der Waals surface area contributed by atoms with Crippen molar-refractivity contribution in [1.82, 2.24) is 5.32 Å². The first-order valence-electron chi connectivity index (χ1n) is 5.08. The van der Waals surface area contributed by atoms with Gasteiger partial charge in [-0.1, -0.05) is 0 Å². The minimum atomic E-state index is 0.263. The maximum absolute atomic E-state index is 5.37. The summed E-state index contributed by atoms with van der Waals surface area (Å²) in [6.45, 7) is 5.21. The molecule has 1 N–H and O–H groups in total. The molecular weight excluding hydrogens is 182 g/mol. The second kappa shape index (κ2) is 5.89. The predicted molar refractivity (Wildman–Crippen MR) is 59.5 cm³/mol. The second-order valence-corrected chi connectivity index (χ2v) is 4.98. The van der Waals surface area contributed by atoms with Crippen LogP contribution in [0.2, 0.25) is 0 Å². The van der Waals surface area contributed by atoms with Crippen molar-refractivity contribution < 1.29 is 4.74 Å². The molecule has 2 nitrogen and oxygen atoms in total. The third-order valence-electron chi connectivity index (χ3n) is 2.55. The van der Waals surface area contributed by atoms with Gasteiger partial charge in [-0.15, -0.1) is 0 Å². The average Bonchev–Trinajstić information content (AvgIpc) is 2.53. The fourth-order valence-electron chi connectivity index (χ4n) is 1.57. The van der Waals surface area contributed by atoms with Crippen LogP contribution in [0.3, 0.4) is 0 Å². The smallest absolute Gasteiger partial charge is 0.0646 e. The summed E-state index contributed by atoms with van der Waals surface area (Å²) in [7, 11) is 0. The van der Waals surface area contributed by atoms with E-state index in [0.717, 1.165) is 26.2 Å². The standard InChI is InChI=1S/C10H21NOS/c1-10(5-7-12-9-10)11-6-3-4-8-13-2/h11H,3-9H2,1-2H3. The summed E-state index contributed by atoms with van der Waals surface area (Å²) in [6.07, 6.45) is 5.94. The molecule has 0 aromatic rings. The van der Waals surface area contributed by atoms with E-state index in [0.29, 0.717) is 0 Å².